The summed E-state index contributed by atoms with van der Waals surface area (Å²) in [5.74, 6) is 1.45. The average Bonchev–Trinajstić information content (AvgIpc) is 3.16. The first-order valence-corrected chi connectivity index (χ1v) is 8.69. The van der Waals surface area contributed by atoms with Crippen LogP contribution in [0.5, 0.6) is 5.75 Å². The van der Waals surface area contributed by atoms with Gasteiger partial charge < -0.3 is 14.5 Å². The number of carbonyl (C=O) groups is 1. The molecule has 0 aliphatic rings. The van der Waals surface area contributed by atoms with Crippen LogP contribution >= 0.6 is 0 Å². The summed E-state index contributed by atoms with van der Waals surface area (Å²) >= 11 is 0. The highest BCUT2D eigenvalue weighted by atomic mass is 19.1. The van der Waals surface area contributed by atoms with E-state index in [-0.39, 0.29) is 24.2 Å². The molecule has 1 amide bonds. The van der Waals surface area contributed by atoms with Crippen molar-refractivity contribution >= 4 is 5.91 Å². The van der Waals surface area contributed by atoms with Crippen LogP contribution in [0.2, 0.25) is 0 Å². The summed E-state index contributed by atoms with van der Waals surface area (Å²) in [4.78, 5) is 16.4. The average molecular weight is 368 g/mol. The first-order chi connectivity index (χ1) is 13.0. The molecule has 1 atom stereocenters. The van der Waals surface area contributed by atoms with Crippen LogP contribution in [0.1, 0.15) is 30.8 Å². The van der Waals surface area contributed by atoms with E-state index in [9.17, 15) is 9.18 Å². The van der Waals surface area contributed by atoms with E-state index in [1.54, 1.807) is 25.4 Å². The standard InChI is InChI=1S/C21H21FN2O3/c1-14(15-6-8-17(22)9-7-15)24-20(25)10-11-21-23-13-19(27-21)16-4-3-5-18(12-16)26-2/h3-9,12-14H,10-11H2,1-2H3,(H,24,25). The lowest BCUT2D eigenvalue weighted by Crippen LogP contribution is -2.26. The number of hydrogen-bond donors (Lipinski definition) is 1. The molecule has 0 radical (unpaired) electrons. The second-order valence-electron chi connectivity index (χ2n) is 6.19. The maximum absolute atomic E-state index is 13.0. The van der Waals surface area contributed by atoms with E-state index >= 15 is 0 Å². The number of halogens is 1. The third-order valence-electron chi connectivity index (χ3n) is 4.22. The van der Waals surface area contributed by atoms with Crippen molar-refractivity contribution in [3.8, 4) is 17.1 Å². The third-order valence-corrected chi connectivity index (χ3v) is 4.22. The maximum Gasteiger partial charge on any atom is 0.220 e. The minimum absolute atomic E-state index is 0.118. The number of hydrogen-bond acceptors (Lipinski definition) is 4. The van der Waals surface area contributed by atoms with E-state index in [1.807, 2.05) is 31.2 Å². The van der Waals surface area contributed by atoms with E-state index in [0.717, 1.165) is 16.9 Å². The zero-order valence-electron chi connectivity index (χ0n) is 15.2. The van der Waals surface area contributed by atoms with Crippen LogP contribution in [0.25, 0.3) is 11.3 Å². The summed E-state index contributed by atoms with van der Waals surface area (Å²) in [5.41, 5.74) is 1.71. The van der Waals surface area contributed by atoms with Crippen LogP contribution in [-0.2, 0) is 11.2 Å². The first-order valence-electron chi connectivity index (χ1n) is 8.69. The lowest BCUT2D eigenvalue weighted by molar-refractivity contribution is -0.121. The molecule has 0 aliphatic carbocycles. The molecule has 140 valence electrons. The van der Waals surface area contributed by atoms with Crippen molar-refractivity contribution < 1.29 is 18.3 Å². The predicted octanol–water partition coefficient (Wildman–Crippen LogP) is 4.30. The van der Waals surface area contributed by atoms with E-state index in [0.29, 0.717) is 18.1 Å². The Kier molecular flexibility index (Phi) is 5.86. The fourth-order valence-corrected chi connectivity index (χ4v) is 2.70. The second kappa shape index (κ2) is 8.49. The van der Waals surface area contributed by atoms with Gasteiger partial charge in [0.2, 0.25) is 5.91 Å². The monoisotopic (exact) mass is 368 g/mol. The number of oxazole rings is 1. The zero-order valence-corrected chi connectivity index (χ0v) is 15.2. The quantitative estimate of drug-likeness (QED) is 0.675. The molecule has 2 aromatic carbocycles. The number of methoxy groups -OCH3 is 1. The molecule has 1 N–H and O–H groups in total. The Morgan fingerprint density at radius 1 is 1.26 bits per heavy atom. The van der Waals surface area contributed by atoms with Gasteiger partial charge in [0.15, 0.2) is 11.7 Å². The summed E-state index contributed by atoms with van der Waals surface area (Å²) in [6, 6.07) is 13.4. The number of nitrogens with one attached hydrogen (secondary N) is 1. The molecule has 3 aromatic rings. The highest BCUT2D eigenvalue weighted by Gasteiger charge is 2.12. The topological polar surface area (TPSA) is 64.4 Å². The van der Waals surface area contributed by atoms with Gasteiger partial charge in [-0.1, -0.05) is 24.3 Å². The van der Waals surface area contributed by atoms with E-state index < -0.39 is 0 Å². The Hall–Kier alpha value is -3.15. The van der Waals surface area contributed by atoms with Crippen molar-refractivity contribution in [3.05, 3.63) is 72.0 Å². The molecular weight excluding hydrogens is 347 g/mol. The van der Waals surface area contributed by atoms with Gasteiger partial charge in [-0.05, 0) is 36.8 Å². The maximum atomic E-state index is 13.0. The van der Waals surface area contributed by atoms with Crippen molar-refractivity contribution in [2.24, 2.45) is 0 Å². The Morgan fingerprint density at radius 3 is 2.78 bits per heavy atom. The van der Waals surface area contributed by atoms with Gasteiger partial charge in [-0.3, -0.25) is 4.79 Å². The lowest BCUT2D eigenvalue weighted by atomic mass is 10.1. The summed E-state index contributed by atoms with van der Waals surface area (Å²) in [6.45, 7) is 1.86. The third kappa shape index (κ3) is 4.94. The summed E-state index contributed by atoms with van der Waals surface area (Å²) < 4.78 is 23.9. The normalized spacial score (nSPS) is 11.8. The Bertz CT molecular complexity index is 906. The van der Waals surface area contributed by atoms with Crippen molar-refractivity contribution in [2.75, 3.05) is 7.11 Å². The van der Waals surface area contributed by atoms with Crippen LogP contribution in [0.3, 0.4) is 0 Å². The number of amides is 1. The lowest BCUT2D eigenvalue weighted by Gasteiger charge is -2.14. The Morgan fingerprint density at radius 2 is 2.04 bits per heavy atom. The van der Waals surface area contributed by atoms with Gasteiger partial charge >= 0.3 is 0 Å². The molecule has 6 heteroatoms. The van der Waals surface area contributed by atoms with Gasteiger partial charge in [0.1, 0.15) is 11.6 Å². The molecule has 0 spiro atoms. The van der Waals surface area contributed by atoms with Gasteiger partial charge in [-0.2, -0.15) is 0 Å². The molecule has 0 aliphatic heterocycles. The Balaban J connectivity index is 1.54. The van der Waals surface area contributed by atoms with Gasteiger partial charge in [0.25, 0.3) is 0 Å². The first kappa shape index (κ1) is 18.6. The Labute approximate surface area is 157 Å². The molecule has 0 fully saturated rings. The minimum atomic E-state index is -0.298. The van der Waals surface area contributed by atoms with Gasteiger partial charge in [-0.25, -0.2) is 9.37 Å². The van der Waals surface area contributed by atoms with E-state index in [2.05, 4.69) is 10.3 Å². The summed E-state index contributed by atoms with van der Waals surface area (Å²) in [5, 5.41) is 2.89. The fraction of sp³-hybridized carbons (Fsp3) is 0.238. The van der Waals surface area contributed by atoms with Gasteiger partial charge in [0.05, 0.1) is 19.3 Å². The number of aryl methyl sites for hydroxylation is 1. The molecule has 1 heterocycles. The van der Waals surface area contributed by atoms with Crippen LogP contribution in [0.4, 0.5) is 4.39 Å². The number of aromatic nitrogens is 1. The predicted molar refractivity (Wildman–Crippen MR) is 99.8 cm³/mol. The number of carbonyl (C=O) groups excluding carboxylic acids is 1. The van der Waals surface area contributed by atoms with Gasteiger partial charge in [-0.15, -0.1) is 0 Å². The highest BCUT2D eigenvalue weighted by Crippen LogP contribution is 2.24. The van der Waals surface area contributed by atoms with Crippen molar-refractivity contribution in [2.45, 2.75) is 25.8 Å². The largest absolute Gasteiger partial charge is 0.497 e. The second-order valence-corrected chi connectivity index (χ2v) is 6.19. The molecule has 1 aromatic heterocycles. The zero-order chi connectivity index (χ0) is 19.2. The molecule has 27 heavy (non-hydrogen) atoms. The molecule has 5 nitrogen and oxygen atoms in total. The molecule has 0 bridgehead atoms. The van der Waals surface area contributed by atoms with E-state index in [1.165, 1.54) is 12.1 Å². The molecule has 3 rings (SSSR count). The smallest absolute Gasteiger partial charge is 0.220 e. The number of ether oxygens (including phenoxy) is 1. The van der Waals surface area contributed by atoms with Crippen molar-refractivity contribution in [1.82, 2.24) is 10.3 Å². The molecular formula is C21H21FN2O3. The number of nitrogens with zero attached hydrogens (tertiary/aromatic N) is 1. The SMILES string of the molecule is COc1cccc(-c2cnc(CCC(=O)NC(C)c3ccc(F)cc3)o2)c1. The van der Waals surface area contributed by atoms with Crippen molar-refractivity contribution in [3.63, 3.8) is 0 Å². The van der Waals surface area contributed by atoms with Crippen LogP contribution in [0.15, 0.2) is 59.1 Å². The fourth-order valence-electron chi connectivity index (χ4n) is 2.70. The molecule has 0 saturated heterocycles. The summed E-state index contributed by atoms with van der Waals surface area (Å²) in [6.07, 6.45) is 2.29. The van der Waals surface area contributed by atoms with Crippen LogP contribution in [-0.4, -0.2) is 18.0 Å². The number of benzene rings is 2. The van der Waals surface area contributed by atoms with Crippen molar-refractivity contribution in [1.29, 1.82) is 0 Å². The van der Waals surface area contributed by atoms with Crippen LogP contribution < -0.4 is 10.1 Å². The van der Waals surface area contributed by atoms with Gasteiger partial charge in [0, 0.05) is 18.4 Å². The van der Waals surface area contributed by atoms with Crippen LogP contribution in [0, 0.1) is 5.82 Å². The summed E-state index contributed by atoms with van der Waals surface area (Å²) in [7, 11) is 1.61. The minimum Gasteiger partial charge on any atom is -0.497 e. The molecule has 1 unspecified atom stereocenters. The number of rotatable bonds is 7. The molecule has 0 saturated carbocycles. The highest BCUT2D eigenvalue weighted by molar-refractivity contribution is 5.76. The van der Waals surface area contributed by atoms with E-state index in [4.69, 9.17) is 9.15 Å².